The van der Waals surface area contributed by atoms with Crippen molar-refractivity contribution < 1.29 is 14.7 Å². The van der Waals surface area contributed by atoms with Crippen molar-refractivity contribution in [2.45, 2.75) is 13.8 Å². The summed E-state index contributed by atoms with van der Waals surface area (Å²) in [5.74, 6) is -0.679. The minimum atomic E-state index is -0.982. The van der Waals surface area contributed by atoms with Gasteiger partial charge in [0.1, 0.15) is 11.5 Å². The lowest BCUT2D eigenvalue weighted by Crippen LogP contribution is -2.21. The Morgan fingerprint density at radius 2 is 1.86 bits per heavy atom. The third-order valence-corrected chi connectivity index (χ3v) is 3.27. The van der Waals surface area contributed by atoms with Crippen LogP contribution in [0.4, 0.5) is 0 Å². The number of aromatic carboxylic acids is 1. The second-order valence-corrected chi connectivity index (χ2v) is 5.13. The maximum absolute atomic E-state index is 11.9. The molecule has 2 aromatic rings. The third kappa shape index (κ3) is 2.79. The maximum Gasteiger partial charge on any atom is 0.335 e. The first-order valence-electron chi connectivity index (χ1n) is 6.43. The maximum atomic E-state index is 11.9. The van der Waals surface area contributed by atoms with Crippen LogP contribution in [0.15, 0.2) is 18.3 Å². The lowest BCUT2D eigenvalue weighted by atomic mass is 9.99. The van der Waals surface area contributed by atoms with E-state index in [0.717, 1.165) is 5.56 Å². The van der Waals surface area contributed by atoms with Crippen LogP contribution in [0.1, 0.15) is 32.0 Å². The molecule has 1 heterocycles. The summed E-state index contributed by atoms with van der Waals surface area (Å²) in [6.07, 6.45) is 1.46. The number of carboxylic acids is 1. The monoisotopic (exact) mass is 287 g/mol. The van der Waals surface area contributed by atoms with E-state index >= 15 is 0 Å². The first-order chi connectivity index (χ1) is 9.81. The van der Waals surface area contributed by atoms with Gasteiger partial charge in [0.15, 0.2) is 0 Å². The molecule has 0 saturated heterocycles. The van der Waals surface area contributed by atoms with E-state index in [2.05, 4.69) is 9.97 Å². The molecule has 6 heteroatoms. The third-order valence-electron chi connectivity index (χ3n) is 3.27. The first-order valence-corrected chi connectivity index (χ1v) is 6.43. The number of carbonyl (C=O) groups excluding carboxylic acids is 1. The molecule has 21 heavy (non-hydrogen) atoms. The molecule has 2 rings (SSSR count). The second-order valence-electron chi connectivity index (χ2n) is 5.13. The molecule has 1 amide bonds. The summed E-state index contributed by atoms with van der Waals surface area (Å²) >= 11 is 0. The van der Waals surface area contributed by atoms with Gasteiger partial charge in [0, 0.05) is 19.7 Å². The molecule has 6 nitrogen and oxygen atoms in total. The lowest BCUT2D eigenvalue weighted by molar-refractivity contribution is 0.0695. The van der Waals surface area contributed by atoms with Crippen LogP contribution in [0.5, 0.6) is 0 Å². The van der Waals surface area contributed by atoms with E-state index in [1.165, 1.54) is 11.1 Å². The molecule has 1 aromatic heterocycles. The molecule has 1 aromatic carbocycles. The van der Waals surface area contributed by atoms with Crippen LogP contribution in [0.25, 0.3) is 11.4 Å². The Morgan fingerprint density at radius 3 is 2.43 bits per heavy atom. The minimum absolute atomic E-state index is 0.183. The number of nitrogens with one attached hydrogen (secondary N) is 1. The van der Waals surface area contributed by atoms with E-state index in [0.29, 0.717) is 22.6 Å². The standard InChI is InChI=1S/C15H17N3O3/c1-8-5-9(2)11(15(20)21)6-10(8)13-16-7-12(17-13)14(19)18(3)4/h5-7H,1-4H3,(H,16,17)(H,20,21). The van der Waals surface area contributed by atoms with Gasteiger partial charge in [0.05, 0.1) is 11.8 Å². The van der Waals surface area contributed by atoms with E-state index in [1.54, 1.807) is 33.2 Å². The van der Waals surface area contributed by atoms with Crippen molar-refractivity contribution in [2.75, 3.05) is 14.1 Å². The van der Waals surface area contributed by atoms with Gasteiger partial charge in [-0.15, -0.1) is 0 Å². The highest BCUT2D eigenvalue weighted by Crippen LogP contribution is 2.24. The molecular weight excluding hydrogens is 270 g/mol. The zero-order valence-corrected chi connectivity index (χ0v) is 12.4. The molecule has 0 aliphatic rings. The van der Waals surface area contributed by atoms with Crippen LogP contribution in [0, 0.1) is 13.8 Å². The van der Waals surface area contributed by atoms with E-state index in [4.69, 9.17) is 0 Å². The number of hydrogen-bond acceptors (Lipinski definition) is 3. The van der Waals surface area contributed by atoms with E-state index in [9.17, 15) is 14.7 Å². The topological polar surface area (TPSA) is 86.3 Å². The zero-order chi connectivity index (χ0) is 15.7. The van der Waals surface area contributed by atoms with Gasteiger partial charge in [-0.25, -0.2) is 9.78 Å². The Labute approximate surface area is 122 Å². The number of amides is 1. The van der Waals surface area contributed by atoms with Gasteiger partial charge in [-0.3, -0.25) is 4.79 Å². The first kappa shape index (κ1) is 14.8. The van der Waals surface area contributed by atoms with Crippen LogP contribution >= 0.6 is 0 Å². The predicted octanol–water partition coefficient (Wildman–Crippen LogP) is 2.09. The number of imidazole rings is 1. The van der Waals surface area contributed by atoms with E-state index < -0.39 is 5.97 Å². The normalized spacial score (nSPS) is 10.5. The average Bonchev–Trinajstić information content (AvgIpc) is 2.86. The molecule has 0 aliphatic heterocycles. The Morgan fingerprint density at radius 1 is 1.19 bits per heavy atom. The summed E-state index contributed by atoms with van der Waals surface area (Å²) in [7, 11) is 3.31. The molecule has 0 unspecified atom stereocenters. The summed E-state index contributed by atoms with van der Waals surface area (Å²) in [6.45, 7) is 3.63. The van der Waals surface area contributed by atoms with Crippen LogP contribution in [0.2, 0.25) is 0 Å². The van der Waals surface area contributed by atoms with Gasteiger partial charge >= 0.3 is 5.97 Å². The van der Waals surface area contributed by atoms with E-state index in [1.807, 2.05) is 6.92 Å². The highest BCUT2D eigenvalue weighted by molar-refractivity contribution is 5.93. The van der Waals surface area contributed by atoms with Gasteiger partial charge < -0.3 is 15.0 Å². The van der Waals surface area contributed by atoms with Crippen molar-refractivity contribution in [3.63, 3.8) is 0 Å². The molecule has 2 N–H and O–H groups in total. The molecule has 0 radical (unpaired) electrons. The number of aryl methyl sites for hydroxylation is 2. The summed E-state index contributed by atoms with van der Waals surface area (Å²) < 4.78 is 0. The average molecular weight is 287 g/mol. The van der Waals surface area contributed by atoms with E-state index in [-0.39, 0.29) is 11.5 Å². The number of hydrogen-bond donors (Lipinski definition) is 2. The molecule has 110 valence electrons. The number of nitrogens with zero attached hydrogens (tertiary/aromatic N) is 2. The predicted molar refractivity (Wildman–Crippen MR) is 78.5 cm³/mol. The Bertz CT molecular complexity index is 717. The number of rotatable bonds is 3. The van der Waals surface area contributed by atoms with Crippen molar-refractivity contribution in [1.29, 1.82) is 0 Å². The lowest BCUT2D eigenvalue weighted by Gasteiger charge is -2.09. The van der Waals surface area contributed by atoms with Crippen molar-refractivity contribution in [1.82, 2.24) is 14.9 Å². The highest BCUT2D eigenvalue weighted by atomic mass is 16.4. The Kier molecular flexibility index (Phi) is 3.80. The Balaban J connectivity index is 2.50. The second kappa shape index (κ2) is 5.40. The van der Waals surface area contributed by atoms with Gasteiger partial charge in [-0.1, -0.05) is 6.07 Å². The van der Waals surface area contributed by atoms with Crippen LogP contribution < -0.4 is 0 Å². The molecule has 0 bridgehead atoms. The van der Waals surface area contributed by atoms with Gasteiger partial charge in [0.2, 0.25) is 0 Å². The number of carboxylic acid groups (broad SMARTS) is 1. The SMILES string of the molecule is Cc1cc(C)c(-c2ncc(C(=O)N(C)C)[nH]2)cc1C(=O)O. The van der Waals surface area contributed by atoms with Crippen LogP contribution in [0.3, 0.4) is 0 Å². The number of benzene rings is 1. The van der Waals surface area contributed by atoms with Gasteiger partial charge in [-0.05, 0) is 31.0 Å². The number of aromatic amines is 1. The number of H-pyrrole nitrogens is 1. The van der Waals surface area contributed by atoms with Crippen LogP contribution in [-0.2, 0) is 0 Å². The fourth-order valence-corrected chi connectivity index (χ4v) is 2.15. The van der Waals surface area contributed by atoms with Gasteiger partial charge in [0.25, 0.3) is 5.91 Å². The molecule has 0 spiro atoms. The highest BCUT2D eigenvalue weighted by Gasteiger charge is 2.16. The quantitative estimate of drug-likeness (QED) is 0.905. The molecule has 0 saturated carbocycles. The van der Waals surface area contributed by atoms with Gasteiger partial charge in [-0.2, -0.15) is 0 Å². The summed E-state index contributed by atoms with van der Waals surface area (Å²) in [4.78, 5) is 31.7. The van der Waals surface area contributed by atoms with Crippen molar-refractivity contribution >= 4 is 11.9 Å². The summed E-state index contributed by atoms with van der Waals surface area (Å²) in [5, 5.41) is 9.20. The largest absolute Gasteiger partial charge is 0.478 e. The van der Waals surface area contributed by atoms with Crippen molar-refractivity contribution in [3.8, 4) is 11.4 Å². The van der Waals surface area contributed by atoms with Crippen molar-refractivity contribution in [2.24, 2.45) is 0 Å². The summed E-state index contributed by atoms with van der Waals surface area (Å²) in [5.41, 5.74) is 2.87. The Hall–Kier alpha value is -2.63. The summed E-state index contributed by atoms with van der Waals surface area (Å²) in [6, 6.07) is 3.38. The number of aromatic nitrogens is 2. The molecular formula is C15H17N3O3. The molecule has 0 aliphatic carbocycles. The van der Waals surface area contributed by atoms with Crippen LogP contribution in [-0.4, -0.2) is 45.9 Å². The number of carbonyl (C=O) groups is 2. The zero-order valence-electron chi connectivity index (χ0n) is 12.4. The fourth-order valence-electron chi connectivity index (χ4n) is 2.15. The molecule has 0 fully saturated rings. The smallest absolute Gasteiger partial charge is 0.335 e. The van der Waals surface area contributed by atoms with Crippen molar-refractivity contribution in [3.05, 3.63) is 40.7 Å². The fraction of sp³-hybridized carbons (Fsp3) is 0.267. The minimum Gasteiger partial charge on any atom is -0.478 e. The molecule has 0 atom stereocenters.